The molecule has 0 spiro atoms. The molecule has 2 heteroatoms. The van der Waals surface area contributed by atoms with Gasteiger partial charge in [0, 0.05) is 12.8 Å². The van der Waals surface area contributed by atoms with Gasteiger partial charge in [-0.05, 0) is 31.4 Å². The molecule has 12 heavy (non-hydrogen) atoms. The van der Waals surface area contributed by atoms with Crippen molar-refractivity contribution in [3.05, 3.63) is 29.6 Å². The normalized spacial score (nSPS) is 22.9. The molecule has 0 radical (unpaired) electrons. The first-order valence-electron chi connectivity index (χ1n) is 4.40. The maximum atomic E-state index is 5.52. The van der Waals surface area contributed by atoms with Gasteiger partial charge in [-0.15, -0.1) is 0 Å². The van der Waals surface area contributed by atoms with Gasteiger partial charge < -0.3 is 4.74 Å². The van der Waals surface area contributed by atoms with Crippen molar-refractivity contribution >= 4 is 0 Å². The minimum Gasteiger partial charge on any atom is -0.372 e. The van der Waals surface area contributed by atoms with E-state index in [4.69, 9.17) is 4.74 Å². The predicted molar refractivity (Wildman–Crippen MR) is 46.9 cm³/mol. The number of nitrogens with zero attached hydrogens (tertiary/aromatic N) is 1. The van der Waals surface area contributed by atoms with Gasteiger partial charge in [-0.25, -0.2) is 0 Å². The summed E-state index contributed by atoms with van der Waals surface area (Å²) in [7, 11) is 0. The highest BCUT2D eigenvalue weighted by Crippen LogP contribution is 2.26. The number of pyridine rings is 1. The van der Waals surface area contributed by atoms with Crippen LogP contribution in [0.3, 0.4) is 0 Å². The Hall–Kier alpha value is -0.890. The predicted octanol–water partition coefficient (Wildman–Crippen LogP) is 2.24. The van der Waals surface area contributed by atoms with Crippen molar-refractivity contribution in [2.45, 2.75) is 25.9 Å². The Labute approximate surface area is 72.6 Å². The molecule has 2 heterocycles. The fraction of sp³-hybridized carbons (Fsp3) is 0.500. The molecule has 1 fully saturated rings. The van der Waals surface area contributed by atoms with E-state index in [-0.39, 0.29) is 6.10 Å². The van der Waals surface area contributed by atoms with Gasteiger partial charge in [-0.2, -0.15) is 0 Å². The molecule has 1 aliphatic heterocycles. The van der Waals surface area contributed by atoms with Gasteiger partial charge in [0.05, 0.1) is 11.8 Å². The lowest BCUT2D eigenvalue weighted by Gasteiger charge is -2.07. The molecule has 0 amide bonds. The lowest BCUT2D eigenvalue weighted by Crippen LogP contribution is -1.98. The minimum atomic E-state index is 0.255. The molecule has 2 rings (SSSR count). The van der Waals surface area contributed by atoms with E-state index >= 15 is 0 Å². The Morgan fingerprint density at radius 1 is 1.50 bits per heavy atom. The van der Waals surface area contributed by atoms with Gasteiger partial charge in [-0.3, -0.25) is 4.98 Å². The van der Waals surface area contributed by atoms with Crippen molar-refractivity contribution in [1.82, 2.24) is 4.98 Å². The standard InChI is InChI=1S/C10H13NO/c1-8-4-5-9(11-7-8)10-3-2-6-12-10/h4-5,7,10H,2-3,6H2,1H3/t10-/m1/s1. The van der Waals surface area contributed by atoms with Crippen LogP contribution in [0.2, 0.25) is 0 Å². The summed E-state index contributed by atoms with van der Waals surface area (Å²) >= 11 is 0. The summed E-state index contributed by atoms with van der Waals surface area (Å²) in [5.74, 6) is 0. The van der Waals surface area contributed by atoms with E-state index in [9.17, 15) is 0 Å². The van der Waals surface area contributed by atoms with Crippen molar-refractivity contribution in [3.63, 3.8) is 0 Å². The number of ether oxygens (including phenoxy) is 1. The van der Waals surface area contributed by atoms with Crippen molar-refractivity contribution in [2.75, 3.05) is 6.61 Å². The summed E-state index contributed by atoms with van der Waals surface area (Å²) in [6.45, 7) is 2.94. The minimum absolute atomic E-state index is 0.255. The van der Waals surface area contributed by atoms with Crippen molar-refractivity contribution in [2.24, 2.45) is 0 Å². The summed E-state index contributed by atoms with van der Waals surface area (Å²) < 4.78 is 5.52. The van der Waals surface area contributed by atoms with Crippen molar-refractivity contribution in [1.29, 1.82) is 0 Å². The molecular weight excluding hydrogens is 150 g/mol. The van der Waals surface area contributed by atoms with Crippen molar-refractivity contribution < 1.29 is 4.74 Å². The molecule has 1 atom stereocenters. The first-order valence-corrected chi connectivity index (χ1v) is 4.40. The molecule has 0 aromatic carbocycles. The molecule has 2 nitrogen and oxygen atoms in total. The molecule has 0 saturated carbocycles. The largest absolute Gasteiger partial charge is 0.372 e. The number of aromatic nitrogens is 1. The van der Waals surface area contributed by atoms with Gasteiger partial charge in [-0.1, -0.05) is 6.07 Å². The molecule has 0 unspecified atom stereocenters. The molecule has 1 aromatic rings. The third kappa shape index (κ3) is 1.48. The van der Waals surface area contributed by atoms with Gasteiger partial charge in [0.15, 0.2) is 0 Å². The number of aryl methyl sites for hydroxylation is 1. The monoisotopic (exact) mass is 163 g/mol. The summed E-state index contributed by atoms with van der Waals surface area (Å²) in [5.41, 5.74) is 2.29. The summed E-state index contributed by atoms with van der Waals surface area (Å²) in [6.07, 6.45) is 4.44. The van der Waals surface area contributed by atoms with E-state index < -0.39 is 0 Å². The second kappa shape index (κ2) is 3.23. The van der Waals surface area contributed by atoms with Crippen LogP contribution in [0.5, 0.6) is 0 Å². The smallest absolute Gasteiger partial charge is 0.0995 e. The maximum absolute atomic E-state index is 5.52. The lowest BCUT2D eigenvalue weighted by molar-refractivity contribution is 0.108. The number of rotatable bonds is 1. The van der Waals surface area contributed by atoms with Crippen LogP contribution in [-0.4, -0.2) is 11.6 Å². The second-order valence-corrected chi connectivity index (χ2v) is 3.26. The Balaban J connectivity index is 2.17. The van der Waals surface area contributed by atoms with Crippen LogP contribution in [0.25, 0.3) is 0 Å². The molecule has 64 valence electrons. The zero-order valence-corrected chi connectivity index (χ0v) is 7.29. The molecule has 0 bridgehead atoms. The zero-order chi connectivity index (χ0) is 8.39. The Kier molecular flexibility index (Phi) is 2.09. The topological polar surface area (TPSA) is 22.1 Å². The molecule has 1 saturated heterocycles. The fourth-order valence-electron chi connectivity index (χ4n) is 1.48. The Morgan fingerprint density at radius 3 is 3.00 bits per heavy atom. The van der Waals surface area contributed by atoms with E-state index in [1.54, 1.807) is 0 Å². The summed E-state index contributed by atoms with van der Waals surface area (Å²) in [4.78, 5) is 4.34. The number of hydrogen-bond donors (Lipinski definition) is 0. The average Bonchev–Trinajstić information content (AvgIpc) is 2.58. The Morgan fingerprint density at radius 2 is 2.42 bits per heavy atom. The van der Waals surface area contributed by atoms with Crippen molar-refractivity contribution in [3.8, 4) is 0 Å². The SMILES string of the molecule is Cc1ccc([C@H]2CCCO2)nc1. The highest BCUT2D eigenvalue weighted by atomic mass is 16.5. The van der Waals surface area contributed by atoms with Gasteiger partial charge >= 0.3 is 0 Å². The van der Waals surface area contributed by atoms with Crippen LogP contribution in [0.4, 0.5) is 0 Å². The average molecular weight is 163 g/mol. The first-order chi connectivity index (χ1) is 5.86. The van der Waals surface area contributed by atoms with E-state index in [0.29, 0.717) is 0 Å². The quantitative estimate of drug-likeness (QED) is 0.633. The van der Waals surface area contributed by atoms with Crippen LogP contribution in [0.1, 0.15) is 30.2 Å². The fourth-order valence-corrected chi connectivity index (χ4v) is 1.48. The van der Waals surface area contributed by atoms with Crippen LogP contribution >= 0.6 is 0 Å². The number of hydrogen-bond acceptors (Lipinski definition) is 2. The van der Waals surface area contributed by atoms with Crippen LogP contribution in [0.15, 0.2) is 18.3 Å². The zero-order valence-electron chi connectivity index (χ0n) is 7.29. The Bertz CT molecular complexity index is 249. The first kappa shape index (κ1) is 7.74. The molecule has 0 aliphatic carbocycles. The summed E-state index contributed by atoms with van der Waals surface area (Å²) in [5, 5.41) is 0. The third-order valence-electron chi connectivity index (χ3n) is 2.19. The molecule has 0 N–H and O–H groups in total. The highest BCUT2D eigenvalue weighted by Gasteiger charge is 2.18. The second-order valence-electron chi connectivity index (χ2n) is 3.26. The molecular formula is C10H13NO. The lowest BCUT2D eigenvalue weighted by atomic mass is 10.1. The van der Waals surface area contributed by atoms with Crippen LogP contribution in [-0.2, 0) is 4.74 Å². The highest BCUT2D eigenvalue weighted by molar-refractivity contribution is 5.14. The molecule has 1 aliphatic rings. The molecule has 1 aromatic heterocycles. The third-order valence-corrected chi connectivity index (χ3v) is 2.19. The van der Waals surface area contributed by atoms with Gasteiger partial charge in [0.2, 0.25) is 0 Å². The maximum Gasteiger partial charge on any atom is 0.0995 e. The van der Waals surface area contributed by atoms with E-state index in [1.165, 1.54) is 12.0 Å². The van der Waals surface area contributed by atoms with E-state index in [1.807, 2.05) is 13.1 Å². The summed E-state index contributed by atoms with van der Waals surface area (Å²) in [6, 6.07) is 4.15. The van der Waals surface area contributed by atoms with E-state index in [2.05, 4.69) is 17.1 Å². The van der Waals surface area contributed by atoms with Crippen LogP contribution in [0, 0.1) is 6.92 Å². The van der Waals surface area contributed by atoms with Gasteiger partial charge in [0.25, 0.3) is 0 Å². The van der Waals surface area contributed by atoms with E-state index in [0.717, 1.165) is 18.7 Å². The van der Waals surface area contributed by atoms with Gasteiger partial charge in [0.1, 0.15) is 0 Å². The van der Waals surface area contributed by atoms with Crippen LogP contribution < -0.4 is 0 Å².